The molecule has 136 valence electrons. The molecule has 0 bridgehead atoms. The Morgan fingerprint density at radius 3 is 2.86 bits per heavy atom. The van der Waals surface area contributed by atoms with Crippen LogP contribution in [0.25, 0.3) is 0 Å². The third-order valence-electron chi connectivity index (χ3n) is 4.51. The van der Waals surface area contributed by atoms with Crippen LogP contribution in [-0.4, -0.2) is 24.8 Å². The van der Waals surface area contributed by atoms with Crippen LogP contribution in [0.3, 0.4) is 0 Å². The van der Waals surface area contributed by atoms with Crippen LogP contribution >= 0.6 is 0 Å². The molecule has 0 spiro atoms. The molecular weight excluding hydrogens is 350 g/mol. The minimum absolute atomic E-state index is 0.142. The molecule has 2 heterocycles. The van der Waals surface area contributed by atoms with Gasteiger partial charge in [0, 0.05) is 17.6 Å². The van der Waals surface area contributed by atoms with E-state index in [1.54, 1.807) is 18.2 Å². The third kappa shape index (κ3) is 4.01. The van der Waals surface area contributed by atoms with Crippen molar-refractivity contribution in [3.63, 3.8) is 0 Å². The number of ether oxygens (including phenoxy) is 1. The van der Waals surface area contributed by atoms with E-state index in [1.807, 2.05) is 30.3 Å². The molecule has 0 atom stereocenters. The van der Waals surface area contributed by atoms with Gasteiger partial charge in [0.05, 0.1) is 48.4 Å². The number of rotatable bonds is 1. The molecule has 5 nitrogen and oxygen atoms in total. The van der Waals surface area contributed by atoms with Gasteiger partial charge in [-0.25, -0.2) is 0 Å². The number of anilines is 1. The van der Waals surface area contributed by atoms with Crippen molar-refractivity contribution in [3.8, 4) is 17.9 Å². The Kier molecular flexibility index (Phi) is 5.01. The predicted molar refractivity (Wildman–Crippen MR) is 107 cm³/mol. The molecule has 1 N–H and O–H groups in total. The quantitative estimate of drug-likeness (QED) is 0.781. The second-order valence-electron chi connectivity index (χ2n) is 6.51. The fraction of sp³-hybridized carbons (Fsp3) is 0.174. The summed E-state index contributed by atoms with van der Waals surface area (Å²) in [6.07, 6.45) is 2.97. The molecule has 0 fully saturated rings. The van der Waals surface area contributed by atoms with Crippen molar-refractivity contribution >= 4 is 23.0 Å². The zero-order valence-corrected chi connectivity index (χ0v) is 15.2. The number of amides is 1. The van der Waals surface area contributed by atoms with E-state index in [2.05, 4.69) is 28.2 Å². The summed E-state index contributed by atoms with van der Waals surface area (Å²) in [6.45, 7) is 1.31. The number of nitriles is 1. The Balaban J connectivity index is 1.67. The van der Waals surface area contributed by atoms with E-state index in [1.165, 1.54) is 0 Å². The van der Waals surface area contributed by atoms with E-state index in [9.17, 15) is 4.79 Å². The van der Waals surface area contributed by atoms with Crippen LogP contribution in [0.15, 0.2) is 59.1 Å². The fourth-order valence-corrected chi connectivity index (χ4v) is 3.07. The highest BCUT2D eigenvalue weighted by molar-refractivity contribution is 6.17. The van der Waals surface area contributed by atoms with Gasteiger partial charge in [0.1, 0.15) is 0 Å². The summed E-state index contributed by atoms with van der Waals surface area (Å²) in [7, 11) is 0. The summed E-state index contributed by atoms with van der Waals surface area (Å²) < 4.78 is 5.29. The second-order valence-corrected chi connectivity index (χ2v) is 6.51. The highest BCUT2D eigenvalue weighted by atomic mass is 16.5. The lowest BCUT2D eigenvalue weighted by molar-refractivity contribution is -0.115. The van der Waals surface area contributed by atoms with Gasteiger partial charge in [0.2, 0.25) is 5.91 Å². The Morgan fingerprint density at radius 1 is 1.11 bits per heavy atom. The number of nitrogens with one attached hydrogen (secondary N) is 1. The number of nitrogens with zero attached hydrogens (tertiary/aromatic N) is 2. The maximum absolute atomic E-state index is 12.4. The lowest BCUT2D eigenvalue weighted by atomic mass is 10.0. The molecule has 2 aliphatic rings. The van der Waals surface area contributed by atoms with E-state index >= 15 is 0 Å². The van der Waals surface area contributed by atoms with Crippen LogP contribution in [0.4, 0.5) is 11.4 Å². The van der Waals surface area contributed by atoms with Crippen LogP contribution in [0.5, 0.6) is 0 Å². The average molecular weight is 367 g/mol. The summed E-state index contributed by atoms with van der Waals surface area (Å²) in [4.78, 5) is 17.1. The minimum atomic E-state index is -0.142. The van der Waals surface area contributed by atoms with Crippen LogP contribution < -0.4 is 5.32 Å². The van der Waals surface area contributed by atoms with E-state index in [0.717, 1.165) is 23.1 Å². The first-order valence-corrected chi connectivity index (χ1v) is 9.02. The highest BCUT2D eigenvalue weighted by Gasteiger charge is 2.17. The number of aliphatic imine (C=N–C) groups is 1. The van der Waals surface area contributed by atoms with E-state index in [-0.39, 0.29) is 12.3 Å². The smallest absolute Gasteiger partial charge is 0.230 e. The molecule has 28 heavy (non-hydrogen) atoms. The van der Waals surface area contributed by atoms with Crippen molar-refractivity contribution in [1.82, 2.24) is 0 Å². The molecule has 0 saturated carbocycles. The number of benzene rings is 2. The summed E-state index contributed by atoms with van der Waals surface area (Å²) in [5.74, 6) is 6.18. The van der Waals surface area contributed by atoms with Gasteiger partial charge in [0.25, 0.3) is 0 Å². The standard InChI is InChI=1S/C23H17N3O2/c24-15-18-2-1-3-19(12-18)21-14-23(27)26-22-13-17(6-7-20(22)25-21)5-4-16-8-10-28-11-9-16/h1-3,6-8,12-13H,9-11,14H2,(H,26,27). The molecule has 2 aromatic carbocycles. The molecule has 4 rings (SSSR count). The second kappa shape index (κ2) is 7.92. The minimum Gasteiger partial charge on any atom is -0.377 e. The first-order chi connectivity index (χ1) is 13.7. The lowest BCUT2D eigenvalue weighted by Gasteiger charge is -2.07. The molecule has 1 amide bonds. The molecule has 0 aliphatic carbocycles. The highest BCUT2D eigenvalue weighted by Crippen LogP contribution is 2.30. The van der Waals surface area contributed by atoms with Gasteiger partial charge >= 0.3 is 0 Å². The number of hydrogen-bond acceptors (Lipinski definition) is 4. The molecule has 2 aliphatic heterocycles. The SMILES string of the molecule is N#Cc1cccc(C2=Nc3ccc(C#CC4=CCOCC4)cc3NC(=O)C2)c1. The molecular formula is C23H17N3O2. The van der Waals surface area contributed by atoms with Gasteiger partial charge in [-0.3, -0.25) is 9.79 Å². The fourth-order valence-electron chi connectivity index (χ4n) is 3.07. The van der Waals surface area contributed by atoms with Gasteiger partial charge in [0.15, 0.2) is 0 Å². The van der Waals surface area contributed by atoms with Crippen LogP contribution in [0, 0.1) is 23.2 Å². The number of hydrogen-bond donors (Lipinski definition) is 1. The van der Waals surface area contributed by atoms with E-state index < -0.39 is 0 Å². The van der Waals surface area contributed by atoms with Crippen molar-refractivity contribution in [2.75, 3.05) is 18.5 Å². The van der Waals surface area contributed by atoms with Gasteiger partial charge in [-0.05, 0) is 42.0 Å². The van der Waals surface area contributed by atoms with E-state index in [4.69, 9.17) is 10.00 Å². The van der Waals surface area contributed by atoms with Crippen molar-refractivity contribution < 1.29 is 9.53 Å². The Bertz CT molecular complexity index is 1110. The van der Waals surface area contributed by atoms with Crippen molar-refractivity contribution in [2.24, 2.45) is 4.99 Å². The lowest BCUT2D eigenvalue weighted by Crippen LogP contribution is -2.15. The largest absolute Gasteiger partial charge is 0.377 e. The normalized spacial score (nSPS) is 15.6. The molecule has 0 radical (unpaired) electrons. The monoisotopic (exact) mass is 367 g/mol. The van der Waals surface area contributed by atoms with Crippen molar-refractivity contribution in [2.45, 2.75) is 12.8 Å². The first kappa shape index (κ1) is 17.7. The molecule has 5 heteroatoms. The topological polar surface area (TPSA) is 74.5 Å². The van der Waals surface area contributed by atoms with Gasteiger partial charge in [-0.1, -0.05) is 24.0 Å². The zero-order chi connectivity index (χ0) is 19.3. The zero-order valence-electron chi connectivity index (χ0n) is 15.2. The predicted octanol–water partition coefficient (Wildman–Crippen LogP) is 3.72. The Morgan fingerprint density at radius 2 is 2.04 bits per heavy atom. The van der Waals surface area contributed by atoms with E-state index in [0.29, 0.717) is 35.9 Å². The molecule has 2 aromatic rings. The van der Waals surface area contributed by atoms with Gasteiger partial charge < -0.3 is 10.1 Å². The van der Waals surface area contributed by atoms with Gasteiger partial charge in [-0.2, -0.15) is 5.26 Å². The summed E-state index contributed by atoms with van der Waals surface area (Å²) in [5.41, 5.74) is 5.16. The number of carbonyl (C=O) groups excluding carboxylic acids is 1. The average Bonchev–Trinajstić information content (AvgIpc) is 2.90. The van der Waals surface area contributed by atoms with Crippen molar-refractivity contribution in [3.05, 3.63) is 70.8 Å². The summed E-state index contributed by atoms with van der Waals surface area (Å²) in [6, 6.07) is 14.9. The number of carbonyl (C=O) groups is 1. The van der Waals surface area contributed by atoms with Crippen LogP contribution in [0.2, 0.25) is 0 Å². The van der Waals surface area contributed by atoms with Gasteiger partial charge in [-0.15, -0.1) is 0 Å². The maximum Gasteiger partial charge on any atom is 0.230 e. The Hall–Kier alpha value is -3.67. The molecule has 0 saturated heterocycles. The maximum atomic E-state index is 12.4. The van der Waals surface area contributed by atoms with Crippen LogP contribution in [0.1, 0.15) is 29.5 Å². The Labute approximate surface area is 163 Å². The first-order valence-electron chi connectivity index (χ1n) is 9.02. The number of fused-ring (bicyclic) bond motifs is 1. The van der Waals surface area contributed by atoms with Crippen LogP contribution in [-0.2, 0) is 9.53 Å². The third-order valence-corrected chi connectivity index (χ3v) is 4.51. The molecule has 0 aromatic heterocycles. The summed E-state index contributed by atoms with van der Waals surface area (Å²) >= 11 is 0. The summed E-state index contributed by atoms with van der Waals surface area (Å²) in [5, 5.41) is 12.0. The molecule has 0 unspecified atom stereocenters. The van der Waals surface area contributed by atoms with Crippen molar-refractivity contribution in [1.29, 1.82) is 5.26 Å².